The molecule has 1 aliphatic carbocycles. The van der Waals surface area contributed by atoms with Crippen molar-refractivity contribution in [3.8, 4) is 0 Å². The molecule has 0 aromatic carbocycles. The minimum atomic E-state index is 0.298. The topological polar surface area (TPSA) is 9.23 Å². The third-order valence-electron chi connectivity index (χ3n) is 2.93. The number of halogens is 1. The Kier molecular flexibility index (Phi) is 2.24. The SMILES string of the molecule is BrC1COC2(CCCCC2)C1. The summed E-state index contributed by atoms with van der Waals surface area (Å²) >= 11 is 3.62. The number of alkyl halides is 1. The Morgan fingerprint density at radius 2 is 1.91 bits per heavy atom. The first kappa shape index (κ1) is 8.06. The van der Waals surface area contributed by atoms with E-state index in [9.17, 15) is 0 Å². The fourth-order valence-corrected chi connectivity index (χ4v) is 3.06. The number of ether oxygens (including phenoxy) is 1. The van der Waals surface area contributed by atoms with Gasteiger partial charge in [-0.1, -0.05) is 35.2 Å². The molecular formula is C9H15BrO. The molecule has 1 spiro atoms. The average molecular weight is 219 g/mol. The highest BCUT2D eigenvalue weighted by molar-refractivity contribution is 9.09. The van der Waals surface area contributed by atoms with E-state index >= 15 is 0 Å². The van der Waals surface area contributed by atoms with Crippen LogP contribution in [0.2, 0.25) is 0 Å². The van der Waals surface area contributed by atoms with Crippen LogP contribution in [0.25, 0.3) is 0 Å². The molecule has 1 aliphatic heterocycles. The van der Waals surface area contributed by atoms with Gasteiger partial charge < -0.3 is 4.74 Å². The lowest BCUT2D eigenvalue weighted by atomic mass is 9.83. The van der Waals surface area contributed by atoms with Crippen molar-refractivity contribution in [1.29, 1.82) is 0 Å². The van der Waals surface area contributed by atoms with Crippen molar-refractivity contribution in [1.82, 2.24) is 0 Å². The summed E-state index contributed by atoms with van der Waals surface area (Å²) in [7, 11) is 0. The lowest BCUT2D eigenvalue weighted by Gasteiger charge is -2.32. The highest BCUT2D eigenvalue weighted by atomic mass is 79.9. The van der Waals surface area contributed by atoms with Gasteiger partial charge in [-0.05, 0) is 19.3 Å². The van der Waals surface area contributed by atoms with Gasteiger partial charge in [0, 0.05) is 4.83 Å². The fourth-order valence-electron chi connectivity index (χ4n) is 2.33. The normalized spacial score (nSPS) is 36.3. The molecule has 64 valence electrons. The molecule has 0 amide bonds. The van der Waals surface area contributed by atoms with E-state index in [1.807, 2.05) is 0 Å². The van der Waals surface area contributed by atoms with Crippen LogP contribution in [0, 0.1) is 0 Å². The minimum Gasteiger partial charge on any atom is -0.374 e. The van der Waals surface area contributed by atoms with Crippen LogP contribution in [0.4, 0.5) is 0 Å². The minimum absolute atomic E-state index is 0.298. The first-order chi connectivity index (χ1) is 5.31. The van der Waals surface area contributed by atoms with Crippen LogP contribution in [0.3, 0.4) is 0 Å². The molecule has 1 atom stereocenters. The van der Waals surface area contributed by atoms with E-state index in [2.05, 4.69) is 15.9 Å². The predicted octanol–water partition coefficient (Wildman–Crippen LogP) is 2.87. The zero-order valence-electron chi connectivity index (χ0n) is 6.81. The summed E-state index contributed by atoms with van der Waals surface area (Å²) in [6.45, 7) is 0.931. The van der Waals surface area contributed by atoms with Gasteiger partial charge in [-0.3, -0.25) is 0 Å². The van der Waals surface area contributed by atoms with Gasteiger partial charge in [-0.2, -0.15) is 0 Å². The fraction of sp³-hybridized carbons (Fsp3) is 1.00. The van der Waals surface area contributed by atoms with Gasteiger partial charge in [0.05, 0.1) is 12.2 Å². The zero-order chi connectivity index (χ0) is 7.73. The second-order valence-electron chi connectivity index (χ2n) is 3.86. The van der Waals surface area contributed by atoms with Gasteiger partial charge in [0.15, 0.2) is 0 Å². The molecule has 1 saturated carbocycles. The van der Waals surface area contributed by atoms with Gasteiger partial charge in [-0.25, -0.2) is 0 Å². The molecule has 11 heavy (non-hydrogen) atoms. The smallest absolute Gasteiger partial charge is 0.0694 e. The summed E-state index contributed by atoms with van der Waals surface area (Å²) in [6, 6.07) is 0. The highest BCUT2D eigenvalue weighted by Gasteiger charge is 2.39. The summed E-state index contributed by atoms with van der Waals surface area (Å²) < 4.78 is 5.85. The third-order valence-corrected chi connectivity index (χ3v) is 3.52. The molecule has 0 N–H and O–H groups in total. The molecule has 0 bridgehead atoms. The second kappa shape index (κ2) is 3.06. The zero-order valence-corrected chi connectivity index (χ0v) is 8.40. The molecule has 2 aliphatic rings. The molecule has 0 aromatic heterocycles. The number of hydrogen-bond acceptors (Lipinski definition) is 1. The van der Waals surface area contributed by atoms with E-state index in [1.54, 1.807) is 0 Å². The molecule has 0 radical (unpaired) electrons. The maximum Gasteiger partial charge on any atom is 0.0694 e. The monoisotopic (exact) mass is 218 g/mol. The van der Waals surface area contributed by atoms with Crippen molar-refractivity contribution in [2.45, 2.75) is 49.0 Å². The molecule has 1 saturated heterocycles. The molecule has 0 aromatic rings. The Morgan fingerprint density at radius 3 is 2.45 bits per heavy atom. The van der Waals surface area contributed by atoms with Crippen LogP contribution in [0.1, 0.15) is 38.5 Å². The van der Waals surface area contributed by atoms with Gasteiger partial charge >= 0.3 is 0 Å². The predicted molar refractivity (Wildman–Crippen MR) is 49.1 cm³/mol. The molecule has 1 heterocycles. The molecule has 1 unspecified atom stereocenters. The lowest BCUT2D eigenvalue weighted by molar-refractivity contribution is -0.0242. The Bertz CT molecular complexity index is 135. The Hall–Kier alpha value is 0.440. The van der Waals surface area contributed by atoms with Crippen LogP contribution in [0.5, 0.6) is 0 Å². The van der Waals surface area contributed by atoms with Crippen LogP contribution in [-0.2, 0) is 4.74 Å². The van der Waals surface area contributed by atoms with Gasteiger partial charge in [0.2, 0.25) is 0 Å². The van der Waals surface area contributed by atoms with Crippen molar-refractivity contribution in [3.05, 3.63) is 0 Å². The summed E-state index contributed by atoms with van der Waals surface area (Å²) in [5.41, 5.74) is 0.298. The van der Waals surface area contributed by atoms with Crippen LogP contribution in [0.15, 0.2) is 0 Å². The standard InChI is InChI=1S/C9H15BrO/c10-8-6-9(11-7-8)4-2-1-3-5-9/h8H,1-7H2. The maximum absolute atomic E-state index is 5.85. The Labute approximate surface area is 76.6 Å². The maximum atomic E-state index is 5.85. The molecule has 2 heteroatoms. The first-order valence-electron chi connectivity index (χ1n) is 4.59. The largest absolute Gasteiger partial charge is 0.374 e. The average Bonchev–Trinajstić information content (AvgIpc) is 2.34. The highest BCUT2D eigenvalue weighted by Crippen LogP contribution is 2.41. The van der Waals surface area contributed by atoms with E-state index < -0.39 is 0 Å². The van der Waals surface area contributed by atoms with Gasteiger partial charge in [0.25, 0.3) is 0 Å². The Morgan fingerprint density at radius 1 is 1.18 bits per heavy atom. The molecule has 2 rings (SSSR count). The lowest BCUT2D eigenvalue weighted by Crippen LogP contribution is -2.30. The van der Waals surface area contributed by atoms with Crippen molar-refractivity contribution < 1.29 is 4.74 Å². The summed E-state index contributed by atoms with van der Waals surface area (Å²) in [5, 5.41) is 0. The van der Waals surface area contributed by atoms with Gasteiger partial charge in [-0.15, -0.1) is 0 Å². The van der Waals surface area contributed by atoms with Crippen molar-refractivity contribution in [2.24, 2.45) is 0 Å². The van der Waals surface area contributed by atoms with Crippen LogP contribution >= 0.6 is 15.9 Å². The summed E-state index contributed by atoms with van der Waals surface area (Å²) in [5.74, 6) is 0. The van der Waals surface area contributed by atoms with E-state index in [1.165, 1.54) is 38.5 Å². The number of hydrogen-bond donors (Lipinski definition) is 0. The Balaban J connectivity index is 1.98. The van der Waals surface area contributed by atoms with E-state index in [-0.39, 0.29) is 0 Å². The van der Waals surface area contributed by atoms with Crippen LogP contribution < -0.4 is 0 Å². The summed E-state index contributed by atoms with van der Waals surface area (Å²) in [4.78, 5) is 0.626. The molecular weight excluding hydrogens is 204 g/mol. The van der Waals surface area contributed by atoms with E-state index in [4.69, 9.17) is 4.74 Å². The van der Waals surface area contributed by atoms with Crippen molar-refractivity contribution >= 4 is 15.9 Å². The summed E-state index contributed by atoms with van der Waals surface area (Å²) in [6.07, 6.45) is 8.01. The quantitative estimate of drug-likeness (QED) is 0.569. The second-order valence-corrected chi connectivity index (χ2v) is 5.15. The van der Waals surface area contributed by atoms with E-state index in [0.29, 0.717) is 10.4 Å². The molecule has 2 fully saturated rings. The van der Waals surface area contributed by atoms with Crippen molar-refractivity contribution in [3.63, 3.8) is 0 Å². The number of rotatable bonds is 0. The van der Waals surface area contributed by atoms with E-state index in [0.717, 1.165) is 6.61 Å². The van der Waals surface area contributed by atoms with Gasteiger partial charge in [0.1, 0.15) is 0 Å². The third kappa shape index (κ3) is 1.62. The molecule has 1 nitrogen and oxygen atoms in total. The van der Waals surface area contributed by atoms with Crippen LogP contribution in [-0.4, -0.2) is 17.0 Å². The first-order valence-corrected chi connectivity index (χ1v) is 5.50. The van der Waals surface area contributed by atoms with Crippen molar-refractivity contribution in [2.75, 3.05) is 6.61 Å².